The van der Waals surface area contributed by atoms with Crippen LogP contribution in [0.2, 0.25) is 0 Å². The van der Waals surface area contributed by atoms with Crippen LogP contribution in [0.3, 0.4) is 0 Å². The van der Waals surface area contributed by atoms with Gasteiger partial charge in [0.15, 0.2) is 0 Å². The van der Waals surface area contributed by atoms with Crippen molar-refractivity contribution in [2.75, 3.05) is 13.7 Å². The Morgan fingerprint density at radius 1 is 0.828 bits per heavy atom. The minimum atomic E-state index is -4.43. The summed E-state index contributed by atoms with van der Waals surface area (Å²) >= 11 is 0. The van der Waals surface area contributed by atoms with Gasteiger partial charge in [0.25, 0.3) is 0 Å². The largest absolute Gasteiger partial charge is 0.478 e. The van der Waals surface area contributed by atoms with Crippen molar-refractivity contribution >= 4 is 0 Å². The van der Waals surface area contributed by atoms with Crippen molar-refractivity contribution in [2.24, 2.45) is 0 Å². The number of hydrogen-bond acceptors (Lipinski definition) is 6. The van der Waals surface area contributed by atoms with Crippen molar-refractivity contribution in [2.45, 2.75) is 13.1 Å². The second-order valence-corrected chi connectivity index (χ2v) is 5.67. The Bertz CT molecular complexity index is 963. The molecule has 0 bridgehead atoms. The van der Waals surface area contributed by atoms with E-state index in [-0.39, 0.29) is 17.6 Å². The Morgan fingerprint density at radius 2 is 1.48 bits per heavy atom. The summed E-state index contributed by atoms with van der Waals surface area (Å²) in [5.74, 6) is 1.39. The standard InChI is InChI=1S/C20H17F3N2O4/c1-3-27-17-12-18(25-19(24-17)26-2)29-15-9-7-14(8-10-15)28-16-6-4-5-13(11-16)20(21,22)23/h4-12H,3H2,1-2H3. The molecule has 0 aliphatic rings. The molecular formula is C20H17F3N2O4. The quantitative estimate of drug-likeness (QED) is 0.517. The molecule has 3 rings (SSSR count). The molecule has 0 unspecified atom stereocenters. The molecule has 152 valence electrons. The Kier molecular flexibility index (Phi) is 6.06. The van der Waals surface area contributed by atoms with Gasteiger partial charge in [0.05, 0.1) is 25.3 Å². The smallest absolute Gasteiger partial charge is 0.416 e. The fourth-order valence-electron chi connectivity index (χ4n) is 2.32. The third kappa shape index (κ3) is 5.50. The van der Waals surface area contributed by atoms with Crippen LogP contribution in [-0.2, 0) is 6.18 Å². The van der Waals surface area contributed by atoms with E-state index < -0.39 is 11.7 Å². The third-order valence-electron chi connectivity index (χ3n) is 3.58. The molecule has 0 aliphatic carbocycles. The van der Waals surface area contributed by atoms with E-state index in [0.29, 0.717) is 24.0 Å². The summed E-state index contributed by atoms with van der Waals surface area (Å²) in [6.45, 7) is 2.24. The fraction of sp³-hybridized carbons (Fsp3) is 0.200. The first kappa shape index (κ1) is 20.2. The van der Waals surface area contributed by atoms with Gasteiger partial charge in [0.1, 0.15) is 17.2 Å². The summed E-state index contributed by atoms with van der Waals surface area (Å²) < 4.78 is 59.9. The molecule has 0 amide bonds. The van der Waals surface area contributed by atoms with Gasteiger partial charge in [-0.15, -0.1) is 0 Å². The molecule has 3 aromatic rings. The zero-order valence-electron chi connectivity index (χ0n) is 15.6. The minimum absolute atomic E-state index is 0.0791. The molecule has 2 aromatic carbocycles. The van der Waals surface area contributed by atoms with E-state index in [9.17, 15) is 13.2 Å². The molecule has 0 radical (unpaired) electrons. The van der Waals surface area contributed by atoms with Gasteiger partial charge in [-0.1, -0.05) is 6.07 Å². The maximum Gasteiger partial charge on any atom is 0.416 e. The number of ether oxygens (including phenoxy) is 4. The van der Waals surface area contributed by atoms with Crippen LogP contribution in [0.4, 0.5) is 13.2 Å². The maximum atomic E-state index is 12.8. The highest BCUT2D eigenvalue weighted by molar-refractivity contribution is 5.38. The van der Waals surface area contributed by atoms with E-state index in [2.05, 4.69) is 9.97 Å². The molecule has 6 nitrogen and oxygen atoms in total. The monoisotopic (exact) mass is 406 g/mol. The number of aromatic nitrogens is 2. The molecule has 0 saturated carbocycles. The van der Waals surface area contributed by atoms with E-state index in [0.717, 1.165) is 12.1 Å². The lowest BCUT2D eigenvalue weighted by molar-refractivity contribution is -0.137. The van der Waals surface area contributed by atoms with Gasteiger partial charge < -0.3 is 18.9 Å². The molecular weight excluding hydrogens is 389 g/mol. The lowest BCUT2D eigenvalue weighted by atomic mass is 10.2. The molecule has 9 heteroatoms. The van der Waals surface area contributed by atoms with Crippen molar-refractivity contribution in [3.8, 4) is 35.0 Å². The predicted molar refractivity (Wildman–Crippen MR) is 97.8 cm³/mol. The summed E-state index contributed by atoms with van der Waals surface area (Å²) in [6, 6.07) is 12.6. The highest BCUT2D eigenvalue weighted by atomic mass is 19.4. The van der Waals surface area contributed by atoms with Gasteiger partial charge in [0, 0.05) is 0 Å². The lowest BCUT2D eigenvalue weighted by Crippen LogP contribution is -2.04. The van der Waals surface area contributed by atoms with Gasteiger partial charge in [-0.25, -0.2) is 0 Å². The van der Waals surface area contributed by atoms with Gasteiger partial charge in [-0.3, -0.25) is 0 Å². The van der Waals surface area contributed by atoms with E-state index >= 15 is 0 Å². The molecule has 0 fully saturated rings. The first-order valence-corrected chi connectivity index (χ1v) is 8.56. The van der Waals surface area contributed by atoms with Gasteiger partial charge in [-0.2, -0.15) is 23.1 Å². The van der Waals surface area contributed by atoms with Crippen LogP contribution >= 0.6 is 0 Å². The molecule has 0 saturated heterocycles. The summed E-state index contributed by atoms with van der Waals surface area (Å²) in [5, 5.41) is 0. The number of hydrogen-bond donors (Lipinski definition) is 0. The second kappa shape index (κ2) is 8.68. The molecule has 1 aromatic heterocycles. The number of methoxy groups -OCH3 is 1. The highest BCUT2D eigenvalue weighted by Gasteiger charge is 2.30. The van der Waals surface area contributed by atoms with Crippen LogP contribution in [-0.4, -0.2) is 23.7 Å². The third-order valence-corrected chi connectivity index (χ3v) is 3.58. The van der Waals surface area contributed by atoms with Crippen LogP contribution in [0, 0.1) is 0 Å². The first-order chi connectivity index (χ1) is 13.9. The maximum absolute atomic E-state index is 12.8. The molecule has 0 aliphatic heterocycles. The minimum Gasteiger partial charge on any atom is -0.478 e. The zero-order chi connectivity index (χ0) is 20.9. The molecule has 29 heavy (non-hydrogen) atoms. The molecule has 0 atom stereocenters. The number of halogens is 3. The topological polar surface area (TPSA) is 62.7 Å². The molecule has 0 spiro atoms. The SMILES string of the molecule is CCOc1cc(Oc2ccc(Oc3cccc(C(F)(F)F)c3)cc2)nc(OC)n1. The normalized spacial score (nSPS) is 11.1. The van der Waals surface area contributed by atoms with Gasteiger partial charge in [-0.05, 0) is 49.4 Å². The Labute approximate surface area is 164 Å². The fourth-order valence-corrected chi connectivity index (χ4v) is 2.32. The van der Waals surface area contributed by atoms with Crippen molar-refractivity contribution in [3.05, 3.63) is 60.2 Å². The van der Waals surface area contributed by atoms with Crippen molar-refractivity contribution < 1.29 is 32.1 Å². The zero-order valence-corrected chi connectivity index (χ0v) is 15.6. The van der Waals surface area contributed by atoms with E-state index in [4.69, 9.17) is 18.9 Å². The molecule has 0 N–H and O–H groups in total. The second-order valence-electron chi connectivity index (χ2n) is 5.67. The number of rotatable bonds is 7. The number of benzene rings is 2. The van der Waals surface area contributed by atoms with Crippen molar-refractivity contribution in [3.63, 3.8) is 0 Å². The van der Waals surface area contributed by atoms with E-state index in [1.165, 1.54) is 25.3 Å². The van der Waals surface area contributed by atoms with Gasteiger partial charge in [0.2, 0.25) is 11.8 Å². The average Bonchev–Trinajstić information content (AvgIpc) is 2.69. The summed E-state index contributed by atoms with van der Waals surface area (Å²) in [5.41, 5.74) is -0.780. The lowest BCUT2D eigenvalue weighted by Gasteiger charge is -2.11. The van der Waals surface area contributed by atoms with E-state index in [1.807, 2.05) is 6.92 Å². The first-order valence-electron chi connectivity index (χ1n) is 8.56. The van der Waals surface area contributed by atoms with Crippen LogP contribution in [0.15, 0.2) is 54.6 Å². The van der Waals surface area contributed by atoms with Crippen LogP contribution in [0.25, 0.3) is 0 Å². The van der Waals surface area contributed by atoms with E-state index in [1.54, 1.807) is 24.3 Å². The van der Waals surface area contributed by atoms with Crippen molar-refractivity contribution in [1.29, 1.82) is 0 Å². The molecule has 1 heterocycles. The Hall–Kier alpha value is -3.49. The summed E-state index contributed by atoms with van der Waals surface area (Å²) in [6.07, 6.45) is -4.43. The van der Waals surface area contributed by atoms with Gasteiger partial charge >= 0.3 is 12.2 Å². The van der Waals surface area contributed by atoms with Crippen molar-refractivity contribution in [1.82, 2.24) is 9.97 Å². The Morgan fingerprint density at radius 3 is 2.10 bits per heavy atom. The summed E-state index contributed by atoms with van der Waals surface area (Å²) in [7, 11) is 1.43. The summed E-state index contributed by atoms with van der Waals surface area (Å²) in [4.78, 5) is 8.11. The highest BCUT2D eigenvalue weighted by Crippen LogP contribution is 2.33. The predicted octanol–water partition coefficient (Wildman–Crippen LogP) is 5.49. The Balaban J connectivity index is 1.72. The van der Waals surface area contributed by atoms with Crippen LogP contribution in [0.5, 0.6) is 35.0 Å². The number of nitrogens with zero attached hydrogens (tertiary/aromatic N) is 2. The number of alkyl halides is 3. The van der Waals surface area contributed by atoms with Crippen LogP contribution in [0.1, 0.15) is 12.5 Å². The van der Waals surface area contributed by atoms with Crippen LogP contribution < -0.4 is 18.9 Å². The average molecular weight is 406 g/mol.